The summed E-state index contributed by atoms with van der Waals surface area (Å²) in [6.45, 7) is 2.59. The van der Waals surface area contributed by atoms with Gasteiger partial charge in [0.1, 0.15) is 17.4 Å². The van der Waals surface area contributed by atoms with Gasteiger partial charge in [0, 0.05) is 5.56 Å². The third-order valence-electron chi connectivity index (χ3n) is 6.62. The molecule has 2 heterocycles. The normalized spacial score (nSPS) is 16.6. The number of nitrogens with zero attached hydrogens (tertiary/aromatic N) is 2. The van der Waals surface area contributed by atoms with Crippen molar-refractivity contribution < 1.29 is 33.0 Å². The highest BCUT2D eigenvalue weighted by Crippen LogP contribution is 2.46. The summed E-state index contributed by atoms with van der Waals surface area (Å²) in [6, 6.07) is 12.9. The van der Waals surface area contributed by atoms with Crippen LogP contribution in [0.4, 0.5) is 13.9 Å². The van der Waals surface area contributed by atoms with Crippen LogP contribution in [0.5, 0.6) is 11.5 Å². The smallest absolute Gasteiger partial charge is 0.301 e. The summed E-state index contributed by atoms with van der Waals surface area (Å²) < 4.78 is 39.4. The third-order valence-corrected chi connectivity index (χ3v) is 7.63. The maximum atomic E-state index is 13.9. The van der Waals surface area contributed by atoms with Crippen molar-refractivity contribution in [1.82, 2.24) is 4.98 Å². The number of aliphatic hydroxyl groups is 1. The second kappa shape index (κ2) is 11.4. The van der Waals surface area contributed by atoms with Gasteiger partial charge in [-0.1, -0.05) is 37.2 Å². The molecule has 0 spiro atoms. The summed E-state index contributed by atoms with van der Waals surface area (Å²) in [7, 11) is 1.48. The predicted molar refractivity (Wildman–Crippen MR) is 149 cm³/mol. The Bertz CT molecular complexity index is 1620. The van der Waals surface area contributed by atoms with E-state index in [0.717, 1.165) is 42.7 Å². The lowest BCUT2D eigenvalue weighted by molar-refractivity contribution is -0.132. The minimum atomic E-state index is -1.10. The maximum absolute atomic E-state index is 13.9. The van der Waals surface area contributed by atoms with E-state index in [0.29, 0.717) is 33.9 Å². The summed E-state index contributed by atoms with van der Waals surface area (Å²) in [5.41, 5.74) is 0.874. The lowest BCUT2D eigenvalue weighted by atomic mass is 9.95. The summed E-state index contributed by atoms with van der Waals surface area (Å²) in [5.74, 6) is -2.41. The number of aromatic nitrogens is 1. The van der Waals surface area contributed by atoms with E-state index in [1.165, 1.54) is 42.3 Å². The Kier molecular flexibility index (Phi) is 7.79. The molecule has 5 rings (SSSR count). The van der Waals surface area contributed by atoms with E-state index in [1.807, 2.05) is 0 Å². The number of anilines is 1. The number of unbranched alkanes of at least 4 members (excludes halogenated alkanes) is 2. The number of fused-ring (bicyclic) bond motifs is 1. The number of ether oxygens (including phenoxy) is 2. The molecule has 0 saturated carbocycles. The van der Waals surface area contributed by atoms with Crippen LogP contribution in [-0.2, 0) is 9.59 Å². The fraction of sp³-hybridized carbons (Fsp3) is 0.233. The number of hydrogen-bond donors (Lipinski definition) is 1. The molecule has 0 bridgehead atoms. The number of methoxy groups -OCH3 is 1. The molecule has 3 aromatic carbocycles. The molecule has 4 aromatic rings. The van der Waals surface area contributed by atoms with Crippen LogP contribution in [0.15, 0.2) is 66.2 Å². The summed E-state index contributed by atoms with van der Waals surface area (Å²) >= 11 is 1.05. The average Bonchev–Trinajstić information content (AvgIpc) is 3.48. The number of thiazole rings is 1. The van der Waals surface area contributed by atoms with Crippen LogP contribution < -0.4 is 14.4 Å². The summed E-state index contributed by atoms with van der Waals surface area (Å²) in [5, 5.41) is 11.4. The van der Waals surface area contributed by atoms with Gasteiger partial charge in [-0.25, -0.2) is 13.8 Å². The predicted octanol–water partition coefficient (Wildman–Crippen LogP) is 6.78. The Hall–Kier alpha value is -4.31. The quantitative estimate of drug-likeness (QED) is 0.104. The molecule has 0 aliphatic carbocycles. The van der Waals surface area contributed by atoms with Crippen LogP contribution in [0.25, 0.3) is 16.0 Å². The van der Waals surface area contributed by atoms with Crippen LogP contribution >= 0.6 is 11.3 Å². The van der Waals surface area contributed by atoms with Crippen molar-refractivity contribution in [2.75, 3.05) is 18.6 Å². The van der Waals surface area contributed by atoms with Gasteiger partial charge < -0.3 is 14.6 Å². The first-order chi connectivity index (χ1) is 19.3. The Morgan fingerprint density at radius 1 is 1.00 bits per heavy atom. The Morgan fingerprint density at radius 3 is 2.48 bits per heavy atom. The van der Waals surface area contributed by atoms with E-state index < -0.39 is 35.1 Å². The number of ketones is 1. The van der Waals surface area contributed by atoms with E-state index in [-0.39, 0.29) is 16.3 Å². The van der Waals surface area contributed by atoms with Crippen molar-refractivity contribution in [1.29, 1.82) is 0 Å². The minimum absolute atomic E-state index is 0.157. The zero-order valence-corrected chi connectivity index (χ0v) is 22.6. The minimum Gasteiger partial charge on any atom is -0.507 e. The van der Waals surface area contributed by atoms with Gasteiger partial charge in [-0.15, -0.1) is 0 Å². The molecule has 1 aliphatic heterocycles. The lowest BCUT2D eigenvalue weighted by Crippen LogP contribution is -2.29. The molecule has 40 heavy (non-hydrogen) atoms. The Balaban J connectivity index is 1.65. The standard InChI is InChI=1S/C30H26F2N2O5S/c1-3-4-5-14-39-22-13-8-18(15-23(22)38-2)26-25(27(35)17-6-9-19(31)10-7-17)28(36)29(37)34(26)30-33-21-12-11-20(32)16-24(21)40-30/h6-13,15-16,26,35H,3-5,14H2,1-2H3. The average molecular weight is 565 g/mol. The molecule has 10 heteroatoms. The van der Waals surface area contributed by atoms with Crippen LogP contribution in [0.1, 0.15) is 43.4 Å². The lowest BCUT2D eigenvalue weighted by Gasteiger charge is -2.24. The van der Waals surface area contributed by atoms with Gasteiger partial charge >= 0.3 is 5.91 Å². The summed E-state index contributed by atoms with van der Waals surface area (Å²) in [6.07, 6.45) is 2.94. The monoisotopic (exact) mass is 564 g/mol. The molecule has 1 atom stereocenters. The first-order valence-electron chi connectivity index (χ1n) is 12.8. The van der Waals surface area contributed by atoms with Gasteiger partial charge in [-0.05, 0) is 66.6 Å². The molecule has 1 amide bonds. The number of rotatable bonds is 9. The number of hydrogen-bond acceptors (Lipinski definition) is 7. The van der Waals surface area contributed by atoms with Crippen molar-refractivity contribution in [2.24, 2.45) is 0 Å². The number of aliphatic hydroxyl groups excluding tert-OH is 1. The highest BCUT2D eigenvalue weighted by atomic mass is 32.1. The third kappa shape index (κ3) is 5.14. The van der Waals surface area contributed by atoms with Crippen LogP contribution in [-0.4, -0.2) is 35.5 Å². The molecule has 206 valence electrons. The van der Waals surface area contributed by atoms with Gasteiger partial charge in [0.25, 0.3) is 5.78 Å². The summed E-state index contributed by atoms with van der Waals surface area (Å²) in [4.78, 5) is 32.6. The topological polar surface area (TPSA) is 89.0 Å². The first kappa shape index (κ1) is 27.3. The van der Waals surface area contributed by atoms with Crippen molar-refractivity contribution in [2.45, 2.75) is 32.2 Å². The molecule has 1 aliphatic rings. The van der Waals surface area contributed by atoms with Crippen molar-refractivity contribution in [3.63, 3.8) is 0 Å². The number of benzene rings is 3. The molecule has 1 N–H and O–H groups in total. The molecule has 1 aromatic heterocycles. The van der Waals surface area contributed by atoms with Gasteiger partial charge in [0.05, 0.1) is 35.5 Å². The number of Topliss-reactive ketones (excluding diaryl/α,β-unsaturated/α-hetero) is 1. The molecule has 1 saturated heterocycles. The van der Waals surface area contributed by atoms with E-state index in [2.05, 4.69) is 11.9 Å². The molecular formula is C30H26F2N2O5S. The number of carbonyl (C=O) groups is 2. The van der Waals surface area contributed by atoms with Crippen LogP contribution in [0, 0.1) is 11.6 Å². The molecule has 0 radical (unpaired) electrons. The first-order valence-corrected chi connectivity index (χ1v) is 13.6. The molecule has 1 fully saturated rings. The molecular weight excluding hydrogens is 538 g/mol. The zero-order valence-electron chi connectivity index (χ0n) is 21.8. The number of halogens is 2. The van der Waals surface area contributed by atoms with E-state index in [1.54, 1.807) is 18.2 Å². The van der Waals surface area contributed by atoms with Crippen LogP contribution in [0.2, 0.25) is 0 Å². The maximum Gasteiger partial charge on any atom is 0.301 e. The van der Waals surface area contributed by atoms with E-state index in [4.69, 9.17) is 9.47 Å². The van der Waals surface area contributed by atoms with Gasteiger partial charge in [0.15, 0.2) is 16.6 Å². The largest absolute Gasteiger partial charge is 0.507 e. The Morgan fingerprint density at radius 2 is 1.75 bits per heavy atom. The van der Waals surface area contributed by atoms with E-state index >= 15 is 0 Å². The fourth-order valence-electron chi connectivity index (χ4n) is 4.61. The Labute approximate surface area is 233 Å². The molecule has 1 unspecified atom stereocenters. The van der Waals surface area contributed by atoms with E-state index in [9.17, 15) is 23.5 Å². The van der Waals surface area contributed by atoms with Gasteiger partial charge in [0.2, 0.25) is 0 Å². The molecule has 7 nitrogen and oxygen atoms in total. The second-order valence-corrected chi connectivity index (χ2v) is 10.3. The highest BCUT2D eigenvalue weighted by Gasteiger charge is 2.48. The number of amides is 1. The number of carbonyl (C=O) groups excluding carboxylic acids is 2. The van der Waals surface area contributed by atoms with Crippen LogP contribution in [0.3, 0.4) is 0 Å². The second-order valence-electron chi connectivity index (χ2n) is 9.25. The van der Waals surface area contributed by atoms with Gasteiger partial charge in [-0.3, -0.25) is 14.5 Å². The highest BCUT2D eigenvalue weighted by molar-refractivity contribution is 7.22. The fourth-order valence-corrected chi connectivity index (χ4v) is 5.62. The van der Waals surface area contributed by atoms with Crippen molar-refractivity contribution in [3.8, 4) is 11.5 Å². The van der Waals surface area contributed by atoms with Crippen molar-refractivity contribution in [3.05, 3.63) is 89.0 Å². The SMILES string of the molecule is CCCCCOc1ccc(C2C(=C(O)c3ccc(F)cc3)C(=O)C(=O)N2c2nc3ccc(F)cc3s2)cc1OC. The van der Waals surface area contributed by atoms with Gasteiger partial charge in [-0.2, -0.15) is 0 Å². The van der Waals surface area contributed by atoms with Crippen molar-refractivity contribution >= 4 is 44.1 Å². The zero-order chi connectivity index (χ0) is 28.4.